The number of carbonyl (C=O) groups excluding carboxylic acids is 1. The van der Waals surface area contributed by atoms with Crippen molar-refractivity contribution in [3.05, 3.63) is 11.1 Å². The molecule has 0 unspecified atom stereocenters. The van der Waals surface area contributed by atoms with E-state index in [1.54, 1.807) is 6.92 Å². The van der Waals surface area contributed by atoms with Crippen LogP contribution in [0.1, 0.15) is 33.6 Å². The van der Waals surface area contributed by atoms with Gasteiger partial charge in [0.05, 0.1) is 0 Å². The summed E-state index contributed by atoms with van der Waals surface area (Å²) in [5, 5.41) is 14.4. The molecule has 0 radical (unpaired) electrons. The molecule has 1 saturated heterocycles. The van der Waals surface area contributed by atoms with Gasteiger partial charge in [-0.2, -0.15) is 0 Å². The van der Waals surface area contributed by atoms with E-state index in [0.29, 0.717) is 6.61 Å². The molecular weight excluding hydrogens is 287 g/mol. The first-order chi connectivity index (χ1) is 8.62. The van der Waals surface area contributed by atoms with Crippen molar-refractivity contribution in [3.8, 4) is 6.07 Å². The molecule has 18 heavy (non-hydrogen) atoms. The number of nitrogens with zero attached hydrogens (tertiary/aromatic N) is 1. The normalized spacial score (nSPS) is 18.0. The Morgan fingerprint density at radius 1 is 1.28 bits per heavy atom. The monoisotopic (exact) mass is 311 g/mol. The van der Waals surface area contributed by atoms with Crippen LogP contribution >= 0.6 is 0 Å². The summed E-state index contributed by atoms with van der Waals surface area (Å²) in [6, 6.07) is 2.05. The summed E-state index contributed by atoms with van der Waals surface area (Å²) >= 11 is -1.60. The van der Waals surface area contributed by atoms with Crippen LogP contribution in [0.4, 0.5) is 0 Å². The molecule has 0 saturated carbocycles. The SMILES string of the molecule is CCOC(=O)C(C#N)=C1C[CH2][Ge]([CH2]C)([CH2]C)[CH2]C1. The first-order valence-corrected chi connectivity index (χ1v) is 12.8. The molecule has 0 aromatic rings. The molecule has 0 aromatic carbocycles. The molecule has 0 amide bonds. The van der Waals surface area contributed by atoms with Crippen LogP contribution in [-0.4, -0.2) is 25.8 Å². The van der Waals surface area contributed by atoms with Gasteiger partial charge in [0, 0.05) is 0 Å². The zero-order valence-corrected chi connectivity index (χ0v) is 13.8. The summed E-state index contributed by atoms with van der Waals surface area (Å²) < 4.78 is 4.95. The molecule has 0 N–H and O–H groups in total. The van der Waals surface area contributed by atoms with Crippen LogP contribution in [0.15, 0.2) is 11.1 Å². The fourth-order valence-electron chi connectivity index (χ4n) is 2.76. The Balaban J connectivity index is 2.81. The van der Waals surface area contributed by atoms with Crippen LogP contribution in [0.2, 0.25) is 21.0 Å². The molecule has 1 heterocycles. The Kier molecular flexibility index (Phi) is 5.94. The Morgan fingerprint density at radius 3 is 2.22 bits per heavy atom. The van der Waals surface area contributed by atoms with Crippen LogP contribution in [0.3, 0.4) is 0 Å². The van der Waals surface area contributed by atoms with E-state index in [1.807, 2.05) is 6.07 Å². The summed E-state index contributed by atoms with van der Waals surface area (Å²) in [6.45, 7) is 6.74. The maximum atomic E-state index is 11.7. The maximum absolute atomic E-state index is 11.7. The molecule has 1 rings (SSSR count). The van der Waals surface area contributed by atoms with E-state index in [2.05, 4.69) is 13.8 Å². The third-order valence-electron chi connectivity index (χ3n) is 4.36. The second kappa shape index (κ2) is 6.99. The first-order valence-electron chi connectivity index (χ1n) is 6.91. The van der Waals surface area contributed by atoms with Crippen molar-refractivity contribution in [2.24, 2.45) is 0 Å². The van der Waals surface area contributed by atoms with Crippen LogP contribution in [0.25, 0.3) is 0 Å². The van der Waals surface area contributed by atoms with E-state index in [9.17, 15) is 4.79 Å². The number of rotatable bonds is 4. The average Bonchev–Trinajstić information content (AvgIpc) is 2.41. The fraction of sp³-hybridized carbons (Fsp3) is 0.714. The van der Waals surface area contributed by atoms with Crippen LogP contribution in [0, 0.1) is 11.3 Å². The Hall–Kier alpha value is -0.757. The summed E-state index contributed by atoms with van der Waals surface area (Å²) in [4.78, 5) is 11.7. The van der Waals surface area contributed by atoms with Crippen molar-refractivity contribution in [2.45, 2.75) is 54.6 Å². The molecule has 1 fully saturated rings. The zero-order valence-electron chi connectivity index (χ0n) is 11.7. The van der Waals surface area contributed by atoms with Gasteiger partial charge in [-0.25, -0.2) is 0 Å². The number of esters is 1. The quantitative estimate of drug-likeness (QED) is 0.345. The number of hydrogen-bond acceptors (Lipinski definition) is 3. The van der Waals surface area contributed by atoms with Gasteiger partial charge in [0.15, 0.2) is 0 Å². The average molecular weight is 310 g/mol. The zero-order chi connectivity index (χ0) is 13.6. The fourth-order valence-corrected chi connectivity index (χ4v) is 10.8. The molecule has 1 aliphatic rings. The molecule has 0 aliphatic carbocycles. The number of hydrogen-bond donors (Lipinski definition) is 0. The molecule has 0 bridgehead atoms. The molecule has 0 atom stereocenters. The first kappa shape index (κ1) is 15.3. The minimum atomic E-state index is -1.60. The van der Waals surface area contributed by atoms with Gasteiger partial charge >= 0.3 is 112 Å². The molecular formula is C14H23GeNO2. The molecule has 4 heteroatoms. The second-order valence-electron chi connectivity index (χ2n) is 5.02. The van der Waals surface area contributed by atoms with Gasteiger partial charge in [-0.1, -0.05) is 0 Å². The topological polar surface area (TPSA) is 50.1 Å². The van der Waals surface area contributed by atoms with E-state index in [1.165, 1.54) is 21.0 Å². The molecule has 100 valence electrons. The van der Waals surface area contributed by atoms with Gasteiger partial charge in [0.2, 0.25) is 0 Å². The molecule has 1 aliphatic heterocycles. The van der Waals surface area contributed by atoms with Crippen molar-refractivity contribution in [1.82, 2.24) is 0 Å². The summed E-state index contributed by atoms with van der Waals surface area (Å²) in [7, 11) is 0. The predicted molar refractivity (Wildman–Crippen MR) is 74.8 cm³/mol. The van der Waals surface area contributed by atoms with Gasteiger partial charge < -0.3 is 0 Å². The van der Waals surface area contributed by atoms with E-state index in [0.717, 1.165) is 18.4 Å². The van der Waals surface area contributed by atoms with Gasteiger partial charge in [0.1, 0.15) is 0 Å². The Labute approximate surface area is 113 Å². The van der Waals surface area contributed by atoms with Crippen molar-refractivity contribution in [3.63, 3.8) is 0 Å². The molecule has 3 nitrogen and oxygen atoms in total. The van der Waals surface area contributed by atoms with Gasteiger partial charge in [-0.3, -0.25) is 0 Å². The third kappa shape index (κ3) is 3.38. The van der Waals surface area contributed by atoms with Crippen molar-refractivity contribution < 1.29 is 9.53 Å². The van der Waals surface area contributed by atoms with Crippen molar-refractivity contribution >= 4 is 19.2 Å². The van der Waals surface area contributed by atoms with Crippen LogP contribution in [-0.2, 0) is 9.53 Å². The van der Waals surface area contributed by atoms with Gasteiger partial charge in [0.25, 0.3) is 0 Å². The summed E-state index contributed by atoms with van der Waals surface area (Å²) in [6.07, 6.45) is 1.90. The molecule has 0 aromatic heterocycles. The number of nitriles is 1. The minimum absolute atomic E-state index is 0.278. The van der Waals surface area contributed by atoms with Gasteiger partial charge in [-0.15, -0.1) is 0 Å². The third-order valence-corrected chi connectivity index (χ3v) is 16.2. The van der Waals surface area contributed by atoms with Crippen LogP contribution in [0.5, 0.6) is 0 Å². The Bertz CT molecular complexity index is 366. The number of allylic oxidation sites excluding steroid dienone is 1. The standard InChI is InChI=1S/C14H23GeNO2/c1-4-15(5-2)9-7-12(8-10-15)13(11-16)14(17)18-6-3/h4-10H2,1-3H3. The van der Waals surface area contributed by atoms with E-state index in [-0.39, 0.29) is 5.57 Å². The van der Waals surface area contributed by atoms with Crippen molar-refractivity contribution in [1.29, 1.82) is 5.26 Å². The summed E-state index contributed by atoms with van der Waals surface area (Å²) in [5.41, 5.74) is 1.32. The Morgan fingerprint density at radius 2 is 1.83 bits per heavy atom. The van der Waals surface area contributed by atoms with Gasteiger partial charge in [-0.05, 0) is 0 Å². The second-order valence-corrected chi connectivity index (χ2v) is 16.4. The summed E-state index contributed by atoms with van der Waals surface area (Å²) in [5.74, 6) is -0.428. The van der Waals surface area contributed by atoms with Crippen LogP contribution < -0.4 is 0 Å². The number of carbonyl (C=O) groups is 1. The number of ether oxygens (including phenoxy) is 1. The van der Waals surface area contributed by atoms with Crippen molar-refractivity contribution in [2.75, 3.05) is 6.61 Å². The van der Waals surface area contributed by atoms with E-state index < -0.39 is 19.2 Å². The van der Waals surface area contributed by atoms with E-state index in [4.69, 9.17) is 10.00 Å². The van der Waals surface area contributed by atoms with E-state index >= 15 is 0 Å². The predicted octanol–water partition coefficient (Wildman–Crippen LogP) is 3.65. The molecule has 0 spiro atoms.